The molecule has 0 bridgehead atoms. The molecule has 0 radical (unpaired) electrons. The van der Waals surface area contributed by atoms with E-state index >= 15 is 0 Å². The van der Waals surface area contributed by atoms with Crippen molar-refractivity contribution in [3.05, 3.63) is 94.8 Å². The number of aliphatic carboxylic acids is 1. The third-order valence-electron chi connectivity index (χ3n) is 11.2. The van der Waals surface area contributed by atoms with Gasteiger partial charge in [0.05, 0.1) is 51.7 Å². The first kappa shape index (κ1) is 53.6. The lowest BCUT2D eigenvalue weighted by atomic mass is 9.95. The third-order valence-corrected chi connectivity index (χ3v) is 11.2. The van der Waals surface area contributed by atoms with Gasteiger partial charge in [0.2, 0.25) is 5.91 Å². The summed E-state index contributed by atoms with van der Waals surface area (Å²) in [6.07, 6.45) is 0.437. The Morgan fingerprint density at radius 2 is 1.13 bits per heavy atom. The van der Waals surface area contributed by atoms with Crippen LogP contribution in [-0.2, 0) is 28.5 Å². The van der Waals surface area contributed by atoms with E-state index in [1.54, 1.807) is 37.4 Å². The highest BCUT2D eigenvalue weighted by atomic mass is 19.1. The summed E-state index contributed by atoms with van der Waals surface area (Å²) in [7, 11) is 5.77. The van der Waals surface area contributed by atoms with Crippen LogP contribution in [0.5, 0.6) is 0 Å². The molecule has 0 saturated carbocycles. The second-order valence-electron chi connectivity index (χ2n) is 17.0. The van der Waals surface area contributed by atoms with Crippen molar-refractivity contribution in [1.82, 2.24) is 20.2 Å². The monoisotopic (exact) mass is 932 g/mol. The first-order valence-corrected chi connectivity index (χ1v) is 22.4. The molecule has 6 rings (SSSR count). The molecule has 0 aliphatic carbocycles. The number of pyridine rings is 2. The van der Waals surface area contributed by atoms with Crippen LogP contribution < -0.4 is 15.1 Å². The molecule has 2 aliphatic rings. The summed E-state index contributed by atoms with van der Waals surface area (Å²) in [6, 6.07) is 16.3. The number of hydrogen-bond acceptors (Lipinski definition) is 13. The third kappa shape index (κ3) is 14.7. The number of hydrogen-bond donors (Lipinski definition) is 2. The van der Waals surface area contributed by atoms with Crippen LogP contribution in [0.15, 0.2) is 60.7 Å². The van der Waals surface area contributed by atoms with E-state index in [-0.39, 0.29) is 41.8 Å². The Morgan fingerprint density at radius 1 is 0.687 bits per heavy atom. The van der Waals surface area contributed by atoms with E-state index in [9.17, 15) is 28.0 Å². The van der Waals surface area contributed by atoms with Crippen LogP contribution in [0.25, 0.3) is 22.3 Å². The molecule has 2 fully saturated rings. The molecular weight excluding hydrogens is 867 g/mol. The maximum atomic E-state index is 13.5. The van der Waals surface area contributed by atoms with Crippen LogP contribution in [0.3, 0.4) is 0 Å². The van der Waals surface area contributed by atoms with Crippen LogP contribution in [0.2, 0.25) is 0 Å². The van der Waals surface area contributed by atoms with E-state index in [1.807, 2.05) is 36.6 Å². The highest BCUT2D eigenvalue weighted by Gasteiger charge is 2.32. The fourth-order valence-electron chi connectivity index (χ4n) is 7.81. The Bertz CT molecular complexity index is 2280. The standard InChI is InChI=1S/C25H32FN3O4.C21H26FN3O2.C4H8O3/c1-16(2)23-20(18-6-8-19(26)9-7-18)14-21(25(31)33-5)24(27-23)28-11-12-29(17(3)15-28)22(30)10-13-32-4;1-13(2)19-17(15-5-7-16(22)8-6-15)11-18(21(26)27-4)20(24-19)25-10-9-23-14(3)12-25;1-7-3-2-4(5)6/h6-9,14,16-17H,10-13,15H2,1-5H3;5-8,11,13-14,23H,9-10,12H2,1-4H3;2-3H2,1H3,(H,5,6)/t17-;14-;/m11./s1. The smallest absolute Gasteiger partial charge is 0.341 e. The second kappa shape index (κ2) is 25.8. The van der Waals surface area contributed by atoms with Crippen LogP contribution >= 0.6 is 0 Å². The summed E-state index contributed by atoms with van der Waals surface area (Å²) in [4.78, 5) is 63.3. The number of nitrogens with zero attached hydrogens (tertiary/aromatic N) is 5. The lowest BCUT2D eigenvalue weighted by Crippen LogP contribution is -2.54. The van der Waals surface area contributed by atoms with E-state index in [4.69, 9.17) is 29.3 Å². The molecule has 2 aliphatic heterocycles. The molecular formula is C50H66F2N6O9. The summed E-state index contributed by atoms with van der Waals surface area (Å²) in [6.45, 7) is 17.0. The van der Waals surface area contributed by atoms with E-state index in [2.05, 4.69) is 35.7 Å². The van der Waals surface area contributed by atoms with Crippen molar-refractivity contribution >= 4 is 35.5 Å². The number of methoxy groups -OCH3 is 4. The summed E-state index contributed by atoms with van der Waals surface area (Å²) in [5, 5.41) is 11.4. The molecule has 2 saturated heterocycles. The average Bonchev–Trinajstić information content (AvgIpc) is 3.32. The van der Waals surface area contributed by atoms with Gasteiger partial charge < -0.3 is 44.1 Å². The van der Waals surface area contributed by atoms with Gasteiger partial charge >= 0.3 is 17.9 Å². The molecule has 15 nitrogen and oxygen atoms in total. The summed E-state index contributed by atoms with van der Waals surface area (Å²) in [5.41, 5.74) is 5.71. The number of piperazine rings is 2. The lowest BCUT2D eigenvalue weighted by molar-refractivity contribution is -0.138. The number of esters is 2. The fraction of sp³-hybridized carbons (Fsp3) is 0.480. The minimum atomic E-state index is -0.818. The molecule has 1 amide bonds. The average molecular weight is 933 g/mol. The number of carboxylic acid groups (broad SMARTS) is 1. The second-order valence-corrected chi connectivity index (χ2v) is 17.0. The van der Waals surface area contributed by atoms with E-state index in [1.165, 1.54) is 45.6 Å². The van der Waals surface area contributed by atoms with Gasteiger partial charge in [0.15, 0.2) is 0 Å². The molecule has 0 unspecified atom stereocenters. The van der Waals surface area contributed by atoms with Crippen LogP contribution in [0, 0.1) is 11.6 Å². The number of halogens is 2. The van der Waals surface area contributed by atoms with Gasteiger partial charge in [-0.1, -0.05) is 52.0 Å². The number of aromatic nitrogens is 2. The molecule has 17 heteroatoms. The molecule has 2 N–H and O–H groups in total. The van der Waals surface area contributed by atoms with Gasteiger partial charge in [-0.3, -0.25) is 9.59 Å². The van der Waals surface area contributed by atoms with Gasteiger partial charge in [-0.2, -0.15) is 0 Å². The number of benzene rings is 2. The number of carbonyl (C=O) groups excluding carboxylic acids is 3. The number of carboxylic acids is 1. The molecule has 2 atom stereocenters. The van der Waals surface area contributed by atoms with Crippen molar-refractivity contribution in [2.45, 2.75) is 78.3 Å². The Kier molecular flexibility index (Phi) is 20.6. The topological polar surface area (TPSA) is 173 Å². The van der Waals surface area contributed by atoms with Crippen molar-refractivity contribution in [2.24, 2.45) is 0 Å². The predicted octanol–water partition coefficient (Wildman–Crippen LogP) is 7.57. The van der Waals surface area contributed by atoms with E-state index in [0.717, 1.165) is 53.3 Å². The Hall–Kier alpha value is -6.04. The van der Waals surface area contributed by atoms with Crippen molar-refractivity contribution in [1.29, 1.82) is 0 Å². The molecule has 4 heterocycles. The quantitative estimate of drug-likeness (QED) is 0.119. The highest BCUT2D eigenvalue weighted by Crippen LogP contribution is 2.36. The van der Waals surface area contributed by atoms with E-state index in [0.29, 0.717) is 68.1 Å². The first-order valence-electron chi connectivity index (χ1n) is 22.4. The summed E-state index contributed by atoms with van der Waals surface area (Å²) >= 11 is 0. The van der Waals surface area contributed by atoms with Crippen molar-refractivity contribution < 1.29 is 52.0 Å². The predicted molar refractivity (Wildman–Crippen MR) is 254 cm³/mol. The van der Waals surface area contributed by atoms with E-state index < -0.39 is 17.9 Å². The van der Waals surface area contributed by atoms with Gasteiger partial charge in [-0.25, -0.2) is 28.3 Å². The minimum Gasteiger partial charge on any atom is -0.481 e. The SMILES string of the molecule is COC(=O)c1cc(-c2ccc(F)cc2)c(C(C)C)nc1N1CCN[C@H](C)C1.COCCC(=O)N1CCN(c2nc(C(C)C)c(-c3ccc(F)cc3)cc2C(=O)OC)C[C@H]1C.COCCC(=O)O. The highest BCUT2D eigenvalue weighted by molar-refractivity contribution is 5.97. The largest absolute Gasteiger partial charge is 0.481 e. The number of ether oxygens (including phenoxy) is 4. The molecule has 67 heavy (non-hydrogen) atoms. The maximum absolute atomic E-state index is 13.5. The number of amides is 1. The van der Waals surface area contributed by atoms with Gasteiger partial charge in [0.25, 0.3) is 0 Å². The Balaban J connectivity index is 0.000000260. The zero-order valence-electron chi connectivity index (χ0n) is 40.4. The maximum Gasteiger partial charge on any atom is 0.341 e. The van der Waals surface area contributed by atoms with Crippen LogP contribution in [-0.4, -0.2) is 137 Å². The number of nitrogens with one attached hydrogen (secondary N) is 1. The van der Waals surface area contributed by atoms with Gasteiger partial charge in [0.1, 0.15) is 34.4 Å². The zero-order chi connectivity index (χ0) is 49.4. The molecule has 2 aromatic heterocycles. The normalized spacial score (nSPS) is 15.9. The summed E-state index contributed by atoms with van der Waals surface area (Å²) < 4.78 is 46.5. The van der Waals surface area contributed by atoms with Crippen molar-refractivity contribution in [2.75, 3.05) is 90.7 Å². The zero-order valence-corrected chi connectivity index (χ0v) is 40.4. The van der Waals surface area contributed by atoms with Gasteiger partial charge in [0, 0.05) is 76.7 Å². The van der Waals surface area contributed by atoms with Crippen LogP contribution in [0.4, 0.5) is 20.4 Å². The Labute approximate surface area is 392 Å². The molecule has 2 aromatic carbocycles. The Morgan fingerprint density at radius 3 is 1.51 bits per heavy atom. The van der Waals surface area contributed by atoms with Crippen LogP contribution in [0.1, 0.15) is 98.3 Å². The number of rotatable bonds is 14. The fourth-order valence-corrected chi connectivity index (χ4v) is 7.81. The minimum absolute atomic E-state index is 0.0466. The van der Waals surface area contributed by atoms with Crippen molar-refractivity contribution in [3.63, 3.8) is 0 Å². The lowest BCUT2D eigenvalue weighted by Gasteiger charge is -2.41. The van der Waals surface area contributed by atoms with Gasteiger partial charge in [-0.15, -0.1) is 0 Å². The summed E-state index contributed by atoms with van der Waals surface area (Å²) in [5.74, 6) is -0.851. The molecule has 0 spiro atoms. The number of carbonyl (C=O) groups is 4. The molecule has 4 aromatic rings. The van der Waals surface area contributed by atoms with Crippen molar-refractivity contribution in [3.8, 4) is 22.3 Å². The van der Waals surface area contributed by atoms with Gasteiger partial charge in [-0.05, 0) is 73.2 Å². The first-order chi connectivity index (χ1) is 31.9. The molecule has 364 valence electrons. The number of anilines is 2.